The van der Waals surface area contributed by atoms with Gasteiger partial charge in [-0.25, -0.2) is 4.39 Å². The van der Waals surface area contributed by atoms with Crippen molar-refractivity contribution in [2.45, 2.75) is 32.4 Å². The van der Waals surface area contributed by atoms with Gasteiger partial charge in [-0.15, -0.1) is 0 Å². The first kappa shape index (κ1) is 16.5. The molecule has 0 saturated heterocycles. The predicted molar refractivity (Wildman–Crippen MR) is 90.1 cm³/mol. The summed E-state index contributed by atoms with van der Waals surface area (Å²) < 4.78 is 14.3. The Morgan fingerprint density at radius 3 is 2.33 bits per heavy atom. The molecule has 2 aromatic carbocycles. The van der Waals surface area contributed by atoms with E-state index in [0.717, 1.165) is 10.0 Å². The molecule has 0 fully saturated rings. The van der Waals surface area contributed by atoms with Crippen LogP contribution in [0.5, 0.6) is 0 Å². The minimum atomic E-state index is -0.389. The summed E-state index contributed by atoms with van der Waals surface area (Å²) in [5.41, 5.74) is 1.94. The summed E-state index contributed by atoms with van der Waals surface area (Å²) in [6.45, 7) is 6.29. The van der Waals surface area contributed by atoms with Gasteiger partial charge < -0.3 is 5.32 Å². The number of hydrogen-bond acceptors (Lipinski definition) is 1. The zero-order valence-corrected chi connectivity index (χ0v) is 14.6. The number of halogens is 3. The van der Waals surface area contributed by atoms with Crippen molar-refractivity contribution < 1.29 is 4.39 Å². The van der Waals surface area contributed by atoms with Crippen LogP contribution in [0.2, 0.25) is 5.02 Å². The van der Waals surface area contributed by atoms with Crippen LogP contribution in [0.25, 0.3) is 0 Å². The third-order valence-corrected chi connectivity index (χ3v) is 4.41. The van der Waals surface area contributed by atoms with Crippen molar-refractivity contribution in [1.29, 1.82) is 0 Å². The van der Waals surface area contributed by atoms with Crippen molar-refractivity contribution in [2.24, 2.45) is 0 Å². The average molecular weight is 371 g/mol. The Kier molecular flexibility index (Phi) is 5.07. The standard InChI is InChI=1S/C17H18BrClFN/c1-11(12-4-9-16(20)15(19)10-12)21-17(2,3)13-5-7-14(18)8-6-13/h4-11,21H,1-3H3. The van der Waals surface area contributed by atoms with E-state index in [1.54, 1.807) is 12.1 Å². The second-order valence-electron chi connectivity index (χ2n) is 5.67. The normalized spacial score (nSPS) is 13.2. The maximum atomic E-state index is 13.2. The molecule has 1 nitrogen and oxygen atoms in total. The van der Waals surface area contributed by atoms with Gasteiger partial charge in [0.2, 0.25) is 0 Å². The fourth-order valence-corrected chi connectivity index (χ4v) is 2.81. The number of hydrogen-bond donors (Lipinski definition) is 1. The van der Waals surface area contributed by atoms with Crippen LogP contribution in [-0.2, 0) is 5.54 Å². The van der Waals surface area contributed by atoms with Crippen LogP contribution in [-0.4, -0.2) is 0 Å². The zero-order chi connectivity index (χ0) is 15.6. The molecule has 0 heterocycles. The molecular formula is C17H18BrClFN. The van der Waals surface area contributed by atoms with Crippen molar-refractivity contribution in [2.75, 3.05) is 0 Å². The molecule has 1 unspecified atom stereocenters. The van der Waals surface area contributed by atoms with Gasteiger partial charge in [0.15, 0.2) is 0 Å². The highest BCUT2D eigenvalue weighted by Crippen LogP contribution is 2.27. The van der Waals surface area contributed by atoms with E-state index >= 15 is 0 Å². The summed E-state index contributed by atoms with van der Waals surface area (Å²) in [6, 6.07) is 13.1. The Balaban J connectivity index is 2.18. The first-order valence-corrected chi connectivity index (χ1v) is 7.95. The van der Waals surface area contributed by atoms with Gasteiger partial charge in [0, 0.05) is 16.1 Å². The van der Waals surface area contributed by atoms with Crippen LogP contribution in [0.4, 0.5) is 4.39 Å². The molecule has 1 atom stereocenters. The quantitative estimate of drug-likeness (QED) is 0.714. The predicted octanol–water partition coefficient (Wildman–Crippen LogP) is 5.83. The molecule has 21 heavy (non-hydrogen) atoms. The van der Waals surface area contributed by atoms with Gasteiger partial charge in [-0.1, -0.05) is 45.7 Å². The third-order valence-electron chi connectivity index (χ3n) is 3.59. The van der Waals surface area contributed by atoms with Gasteiger partial charge in [-0.05, 0) is 56.2 Å². The summed E-state index contributed by atoms with van der Waals surface area (Å²) in [6.07, 6.45) is 0. The zero-order valence-electron chi connectivity index (χ0n) is 12.3. The minimum Gasteiger partial charge on any atom is -0.301 e. The van der Waals surface area contributed by atoms with E-state index in [1.807, 2.05) is 19.1 Å². The van der Waals surface area contributed by atoms with E-state index in [9.17, 15) is 4.39 Å². The summed E-state index contributed by atoms with van der Waals surface area (Å²) in [4.78, 5) is 0. The summed E-state index contributed by atoms with van der Waals surface area (Å²) in [5, 5.41) is 3.71. The lowest BCUT2D eigenvalue weighted by atomic mass is 9.92. The van der Waals surface area contributed by atoms with Crippen LogP contribution in [0.1, 0.15) is 37.9 Å². The van der Waals surface area contributed by atoms with E-state index in [2.05, 4.69) is 47.2 Å². The van der Waals surface area contributed by atoms with Gasteiger partial charge in [0.1, 0.15) is 5.82 Å². The summed E-state index contributed by atoms with van der Waals surface area (Å²) in [7, 11) is 0. The topological polar surface area (TPSA) is 12.0 Å². The van der Waals surface area contributed by atoms with Crippen molar-refractivity contribution in [3.63, 3.8) is 0 Å². The summed E-state index contributed by atoms with van der Waals surface area (Å²) >= 11 is 9.30. The first-order valence-electron chi connectivity index (χ1n) is 6.78. The molecular weight excluding hydrogens is 353 g/mol. The van der Waals surface area contributed by atoms with Crippen LogP contribution in [0.3, 0.4) is 0 Å². The minimum absolute atomic E-state index is 0.0572. The maximum absolute atomic E-state index is 13.2. The fraction of sp³-hybridized carbons (Fsp3) is 0.294. The molecule has 0 spiro atoms. The monoisotopic (exact) mass is 369 g/mol. The number of rotatable bonds is 4. The van der Waals surface area contributed by atoms with E-state index in [4.69, 9.17) is 11.6 Å². The average Bonchev–Trinajstić information content (AvgIpc) is 2.41. The Labute approximate surface area is 138 Å². The van der Waals surface area contributed by atoms with Gasteiger partial charge in [-0.2, -0.15) is 0 Å². The Morgan fingerprint density at radius 1 is 1.14 bits per heavy atom. The van der Waals surface area contributed by atoms with Crippen molar-refractivity contribution in [1.82, 2.24) is 5.32 Å². The smallest absolute Gasteiger partial charge is 0.141 e. The molecule has 2 rings (SSSR count). The Bertz CT molecular complexity index is 625. The van der Waals surface area contributed by atoms with Gasteiger partial charge in [-0.3, -0.25) is 0 Å². The summed E-state index contributed by atoms with van der Waals surface area (Å²) in [5.74, 6) is -0.389. The van der Waals surface area contributed by atoms with E-state index < -0.39 is 0 Å². The molecule has 0 radical (unpaired) electrons. The Hall–Kier alpha value is -0.900. The SMILES string of the molecule is CC(NC(C)(C)c1ccc(Br)cc1)c1ccc(F)c(Cl)c1. The molecule has 0 bridgehead atoms. The highest BCUT2D eigenvalue weighted by molar-refractivity contribution is 9.10. The molecule has 0 amide bonds. The largest absolute Gasteiger partial charge is 0.301 e. The van der Waals surface area contributed by atoms with Crippen LogP contribution in [0, 0.1) is 5.82 Å². The lowest BCUT2D eigenvalue weighted by molar-refractivity contribution is 0.357. The molecule has 0 aliphatic carbocycles. The molecule has 2 aromatic rings. The van der Waals surface area contributed by atoms with E-state index in [-0.39, 0.29) is 22.4 Å². The van der Waals surface area contributed by atoms with Crippen LogP contribution in [0.15, 0.2) is 46.9 Å². The molecule has 1 N–H and O–H groups in total. The van der Waals surface area contributed by atoms with Crippen molar-refractivity contribution in [3.8, 4) is 0 Å². The number of nitrogens with one attached hydrogen (secondary N) is 1. The lowest BCUT2D eigenvalue weighted by Crippen LogP contribution is -2.38. The second kappa shape index (κ2) is 6.47. The van der Waals surface area contributed by atoms with Crippen LogP contribution >= 0.6 is 27.5 Å². The van der Waals surface area contributed by atoms with E-state index in [0.29, 0.717) is 0 Å². The van der Waals surface area contributed by atoms with Gasteiger partial charge in [0.25, 0.3) is 0 Å². The maximum Gasteiger partial charge on any atom is 0.141 e. The number of benzene rings is 2. The van der Waals surface area contributed by atoms with Gasteiger partial charge in [0.05, 0.1) is 5.02 Å². The molecule has 0 aromatic heterocycles. The fourth-order valence-electron chi connectivity index (χ4n) is 2.36. The van der Waals surface area contributed by atoms with Crippen LogP contribution < -0.4 is 5.32 Å². The molecule has 4 heteroatoms. The highest BCUT2D eigenvalue weighted by atomic mass is 79.9. The van der Waals surface area contributed by atoms with Gasteiger partial charge >= 0.3 is 0 Å². The lowest BCUT2D eigenvalue weighted by Gasteiger charge is -2.31. The molecule has 0 aliphatic rings. The third kappa shape index (κ3) is 4.06. The first-order chi connectivity index (χ1) is 9.79. The van der Waals surface area contributed by atoms with Crippen molar-refractivity contribution in [3.05, 3.63) is 68.9 Å². The Morgan fingerprint density at radius 2 is 1.76 bits per heavy atom. The molecule has 0 saturated carbocycles. The second-order valence-corrected chi connectivity index (χ2v) is 6.99. The molecule has 0 aliphatic heterocycles. The highest BCUT2D eigenvalue weighted by Gasteiger charge is 2.23. The molecule has 112 valence electrons. The van der Waals surface area contributed by atoms with Crippen molar-refractivity contribution >= 4 is 27.5 Å². The van der Waals surface area contributed by atoms with E-state index in [1.165, 1.54) is 11.6 Å².